The lowest BCUT2D eigenvalue weighted by Gasteiger charge is -2.34. The molecule has 230 valence electrons. The monoisotopic (exact) mass is 631 g/mol. The predicted octanol–water partition coefficient (Wildman–Crippen LogP) is 6.26. The zero-order chi connectivity index (χ0) is 31.7. The van der Waals surface area contributed by atoms with Crippen LogP contribution in [0.15, 0.2) is 114 Å². The molecular formula is C35H38ClN3O4S. The Morgan fingerprint density at radius 3 is 1.91 bits per heavy atom. The summed E-state index contributed by atoms with van der Waals surface area (Å²) in [4.78, 5) is 29.7. The number of carbonyl (C=O) groups is 2. The molecule has 4 aromatic carbocycles. The van der Waals surface area contributed by atoms with Gasteiger partial charge in [-0.05, 0) is 73.4 Å². The van der Waals surface area contributed by atoms with Crippen LogP contribution in [0.5, 0.6) is 0 Å². The summed E-state index contributed by atoms with van der Waals surface area (Å²) in [5.41, 5.74) is 3.02. The van der Waals surface area contributed by atoms with Gasteiger partial charge in [0.05, 0.1) is 10.6 Å². The van der Waals surface area contributed by atoms with Crippen molar-refractivity contribution >= 4 is 39.1 Å². The van der Waals surface area contributed by atoms with Crippen LogP contribution >= 0.6 is 11.6 Å². The first-order valence-corrected chi connectivity index (χ1v) is 16.4. The summed E-state index contributed by atoms with van der Waals surface area (Å²) < 4.78 is 29.2. The second-order valence-electron chi connectivity index (χ2n) is 10.9. The van der Waals surface area contributed by atoms with E-state index >= 15 is 0 Å². The van der Waals surface area contributed by atoms with Crippen LogP contribution in [0.25, 0.3) is 0 Å². The van der Waals surface area contributed by atoms with Gasteiger partial charge in [-0.1, -0.05) is 91.3 Å². The number of hydrogen-bond acceptors (Lipinski definition) is 4. The number of benzene rings is 4. The number of anilines is 1. The molecular weight excluding hydrogens is 594 g/mol. The highest BCUT2D eigenvalue weighted by molar-refractivity contribution is 7.92. The fraction of sp³-hybridized carbons (Fsp3) is 0.257. The SMILES string of the molecule is CCc1ccc(N(CC(=O)N(Cc2ccc(Cl)cc2)[C@H](Cc2ccccc2)C(=O)NC(C)C)S(=O)(=O)c2ccccc2)cc1. The van der Waals surface area contributed by atoms with Crippen LogP contribution in [-0.2, 0) is 39.0 Å². The average molecular weight is 632 g/mol. The number of carbonyl (C=O) groups excluding carboxylic acids is 2. The van der Waals surface area contributed by atoms with Gasteiger partial charge in [-0.3, -0.25) is 13.9 Å². The Labute approximate surface area is 265 Å². The molecule has 0 saturated heterocycles. The molecule has 1 atom stereocenters. The molecule has 7 nitrogen and oxygen atoms in total. The fourth-order valence-corrected chi connectivity index (χ4v) is 6.43. The molecule has 0 bridgehead atoms. The highest BCUT2D eigenvalue weighted by Crippen LogP contribution is 2.26. The molecule has 1 N–H and O–H groups in total. The molecule has 0 aliphatic rings. The lowest BCUT2D eigenvalue weighted by atomic mass is 10.0. The number of aryl methyl sites for hydroxylation is 1. The van der Waals surface area contributed by atoms with Crippen molar-refractivity contribution in [3.8, 4) is 0 Å². The quantitative estimate of drug-likeness (QED) is 0.189. The maximum Gasteiger partial charge on any atom is 0.264 e. The van der Waals surface area contributed by atoms with Crippen molar-refractivity contribution in [2.45, 2.75) is 57.1 Å². The number of nitrogens with one attached hydrogen (secondary N) is 1. The van der Waals surface area contributed by atoms with Crippen LogP contribution in [0.2, 0.25) is 5.02 Å². The minimum absolute atomic E-state index is 0.0648. The van der Waals surface area contributed by atoms with Crippen molar-refractivity contribution < 1.29 is 18.0 Å². The van der Waals surface area contributed by atoms with Gasteiger partial charge >= 0.3 is 0 Å². The Kier molecular flexibility index (Phi) is 11.2. The van der Waals surface area contributed by atoms with Gasteiger partial charge in [0, 0.05) is 24.0 Å². The Hall–Kier alpha value is -4.14. The van der Waals surface area contributed by atoms with Gasteiger partial charge in [0.2, 0.25) is 11.8 Å². The third-order valence-electron chi connectivity index (χ3n) is 7.21. The van der Waals surface area contributed by atoms with Crippen molar-refractivity contribution in [2.24, 2.45) is 0 Å². The van der Waals surface area contributed by atoms with Gasteiger partial charge in [-0.25, -0.2) is 8.42 Å². The van der Waals surface area contributed by atoms with Gasteiger partial charge < -0.3 is 10.2 Å². The summed E-state index contributed by atoms with van der Waals surface area (Å²) in [6, 6.07) is 30.6. The third kappa shape index (κ3) is 8.49. The van der Waals surface area contributed by atoms with E-state index in [9.17, 15) is 18.0 Å². The van der Waals surface area contributed by atoms with Gasteiger partial charge in [0.15, 0.2) is 0 Å². The summed E-state index contributed by atoms with van der Waals surface area (Å²) in [7, 11) is -4.14. The van der Waals surface area contributed by atoms with Gasteiger partial charge in [-0.15, -0.1) is 0 Å². The van der Waals surface area contributed by atoms with E-state index in [-0.39, 0.29) is 29.8 Å². The molecule has 0 saturated carbocycles. The third-order valence-corrected chi connectivity index (χ3v) is 9.25. The minimum Gasteiger partial charge on any atom is -0.352 e. The molecule has 4 rings (SSSR count). The molecule has 0 radical (unpaired) electrons. The van der Waals surface area contributed by atoms with Crippen LogP contribution in [0.4, 0.5) is 5.69 Å². The number of halogens is 1. The molecule has 2 amide bonds. The van der Waals surface area contributed by atoms with E-state index in [4.69, 9.17) is 11.6 Å². The second kappa shape index (κ2) is 15.0. The van der Waals surface area contributed by atoms with E-state index in [1.165, 1.54) is 17.0 Å². The summed E-state index contributed by atoms with van der Waals surface area (Å²) in [5.74, 6) is -0.838. The Bertz CT molecular complexity index is 1630. The Morgan fingerprint density at radius 2 is 1.34 bits per heavy atom. The van der Waals surface area contributed by atoms with Crippen LogP contribution in [0.1, 0.15) is 37.5 Å². The summed E-state index contributed by atoms with van der Waals surface area (Å²) in [6.07, 6.45) is 1.03. The van der Waals surface area contributed by atoms with Crippen LogP contribution in [0.3, 0.4) is 0 Å². The first-order chi connectivity index (χ1) is 21.1. The summed E-state index contributed by atoms with van der Waals surface area (Å²) in [5, 5.41) is 3.50. The Morgan fingerprint density at radius 1 is 0.773 bits per heavy atom. The summed E-state index contributed by atoms with van der Waals surface area (Å²) >= 11 is 6.14. The zero-order valence-electron chi connectivity index (χ0n) is 25.2. The van der Waals surface area contributed by atoms with Gasteiger partial charge in [-0.2, -0.15) is 0 Å². The standard InChI is InChI=1S/C35H38ClN3O4S/c1-4-27-17-21-31(22-18-27)39(44(42,43)32-13-9-6-10-14-32)25-34(40)38(24-29-15-19-30(36)20-16-29)33(35(41)37-26(2)3)23-28-11-7-5-8-12-28/h5-22,26,33H,4,23-25H2,1-3H3,(H,37,41)/t33-/m1/s1. The van der Waals surface area contributed by atoms with Gasteiger partial charge in [0.25, 0.3) is 10.0 Å². The van der Waals surface area contributed by atoms with Crippen LogP contribution < -0.4 is 9.62 Å². The fourth-order valence-electron chi connectivity index (χ4n) is 4.87. The van der Waals surface area contributed by atoms with Crippen molar-refractivity contribution in [3.63, 3.8) is 0 Å². The Balaban J connectivity index is 1.79. The van der Waals surface area contributed by atoms with E-state index in [1.54, 1.807) is 54.6 Å². The second-order valence-corrected chi connectivity index (χ2v) is 13.2. The molecule has 9 heteroatoms. The van der Waals surface area contributed by atoms with Crippen molar-refractivity contribution in [2.75, 3.05) is 10.8 Å². The maximum absolute atomic E-state index is 14.4. The smallest absolute Gasteiger partial charge is 0.264 e. The van der Waals surface area contributed by atoms with E-state index in [0.717, 1.165) is 27.4 Å². The van der Waals surface area contributed by atoms with E-state index in [1.807, 2.05) is 63.2 Å². The average Bonchev–Trinajstić information content (AvgIpc) is 3.03. The van der Waals surface area contributed by atoms with Crippen molar-refractivity contribution in [3.05, 3.63) is 131 Å². The molecule has 0 aliphatic carbocycles. The molecule has 0 heterocycles. The van der Waals surface area contributed by atoms with Gasteiger partial charge in [0.1, 0.15) is 12.6 Å². The van der Waals surface area contributed by atoms with E-state index in [2.05, 4.69) is 5.32 Å². The lowest BCUT2D eigenvalue weighted by Crippen LogP contribution is -2.54. The number of nitrogens with zero attached hydrogens (tertiary/aromatic N) is 2. The number of amides is 2. The molecule has 0 unspecified atom stereocenters. The zero-order valence-corrected chi connectivity index (χ0v) is 26.8. The molecule has 44 heavy (non-hydrogen) atoms. The lowest BCUT2D eigenvalue weighted by molar-refractivity contribution is -0.140. The molecule has 0 aromatic heterocycles. The number of rotatable bonds is 13. The topological polar surface area (TPSA) is 86.8 Å². The highest BCUT2D eigenvalue weighted by Gasteiger charge is 2.34. The first-order valence-electron chi connectivity index (χ1n) is 14.6. The largest absolute Gasteiger partial charge is 0.352 e. The number of hydrogen-bond donors (Lipinski definition) is 1. The minimum atomic E-state index is -4.14. The highest BCUT2D eigenvalue weighted by atomic mass is 35.5. The van der Waals surface area contributed by atoms with Crippen molar-refractivity contribution in [1.82, 2.24) is 10.2 Å². The van der Waals surface area contributed by atoms with Crippen LogP contribution in [0, 0.1) is 0 Å². The first kappa shape index (κ1) is 32.8. The van der Waals surface area contributed by atoms with Crippen molar-refractivity contribution in [1.29, 1.82) is 0 Å². The number of sulfonamides is 1. The molecule has 0 fully saturated rings. The normalized spacial score (nSPS) is 12.0. The van der Waals surface area contributed by atoms with E-state index in [0.29, 0.717) is 10.7 Å². The molecule has 0 aliphatic heterocycles. The van der Waals surface area contributed by atoms with Crippen LogP contribution in [-0.4, -0.2) is 43.8 Å². The molecule has 0 spiro atoms. The van der Waals surface area contributed by atoms with E-state index < -0.39 is 28.5 Å². The predicted molar refractivity (Wildman–Crippen MR) is 176 cm³/mol. The molecule has 4 aromatic rings. The maximum atomic E-state index is 14.4. The summed E-state index contributed by atoms with van der Waals surface area (Å²) in [6.45, 7) is 5.30.